The van der Waals surface area contributed by atoms with Crippen LogP contribution in [0.5, 0.6) is 0 Å². The van der Waals surface area contributed by atoms with Crippen molar-refractivity contribution in [1.29, 1.82) is 0 Å². The predicted octanol–water partition coefficient (Wildman–Crippen LogP) is 3.22. The number of benzene rings is 3. The standard InChI is InChI=1S/C27H26N2O6/c1-16(30)23(26(32)33)28-25(31)24(17-9-3-2-4-10-17)29-27(34)35-15-22-20-13-7-5-11-18(20)19-12-6-8-14-21(19)22/h2-14,16,22-24,30H,15H2,1H3,(H,28,31)(H,29,34)(H,32,33)/t16-,23+,24?/m1/s1. The first-order valence-electron chi connectivity index (χ1n) is 11.2. The Morgan fingerprint density at radius 1 is 0.857 bits per heavy atom. The van der Waals surface area contributed by atoms with Gasteiger partial charge in [-0.15, -0.1) is 0 Å². The topological polar surface area (TPSA) is 125 Å². The molecular formula is C27H26N2O6. The highest BCUT2D eigenvalue weighted by Gasteiger charge is 2.32. The molecule has 0 fully saturated rings. The Bertz CT molecular complexity index is 1180. The molecule has 35 heavy (non-hydrogen) atoms. The largest absolute Gasteiger partial charge is 0.480 e. The molecule has 1 unspecified atom stereocenters. The minimum atomic E-state index is -1.53. The lowest BCUT2D eigenvalue weighted by molar-refractivity contribution is -0.145. The quantitative estimate of drug-likeness (QED) is 0.397. The minimum Gasteiger partial charge on any atom is -0.480 e. The van der Waals surface area contributed by atoms with E-state index in [9.17, 15) is 24.6 Å². The van der Waals surface area contributed by atoms with Crippen molar-refractivity contribution in [2.75, 3.05) is 6.61 Å². The molecule has 8 nitrogen and oxygen atoms in total. The maximum absolute atomic E-state index is 12.9. The second-order valence-corrected chi connectivity index (χ2v) is 8.38. The summed E-state index contributed by atoms with van der Waals surface area (Å²) < 4.78 is 5.55. The predicted molar refractivity (Wildman–Crippen MR) is 129 cm³/mol. The lowest BCUT2D eigenvalue weighted by Crippen LogP contribution is -2.51. The van der Waals surface area contributed by atoms with Crippen molar-refractivity contribution in [2.24, 2.45) is 0 Å². The fourth-order valence-electron chi connectivity index (χ4n) is 4.33. The van der Waals surface area contributed by atoms with Crippen molar-refractivity contribution in [3.63, 3.8) is 0 Å². The molecule has 3 aromatic rings. The molecule has 0 radical (unpaired) electrons. The number of hydrogen-bond acceptors (Lipinski definition) is 5. The lowest BCUT2D eigenvalue weighted by atomic mass is 9.98. The number of hydrogen-bond donors (Lipinski definition) is 4. The van der Waals surface area contributed by atoms with Crippen LogP contribution in [0.4, 0.5) is 4.79 Å². The van der Waals surface area contributed by atoms with E-state index < -0.39 is 36.2 Å². The van der Waals surface area contributed by atoms with Crippen molar-refractivity contribution in [3.05, 3.63) is 95.6 Å². The number of rotatable bonds is 8. The molecule has 4 N–H and O–H groups in total. The number of amides is 2. The molecule has 4 rings (SSSR count). The SMILES string of the molecule is C[C@@H](O)[C@H](NC(=O)C(NC(=O)OCC1c2ccccc2-c2ccccc21)c1ccccc1)C(=O)O. The van der Waals surface area contributed by atoms with Gasteiger partial charge >= 0.3 is 12.1 Å². The van der Waals surface area contributed by atoms with Gasteiger partial charge < -0.3 is 25.6 Å². The summed E-state index contributed by atoms with van der Waals surface area (Å²) >= 11 is 0. The van der Waals surface area contributed by atoms with E-state index in [0.717, 1.165) is 22.3 Å². The number of carboxylic acid groups (broad SMARTS) is 1. The Morgan fingerprint density at radius 3 is 1.94 bits per heavy atom. The Balaban J connectivity index is 1.49. The fraction of sp³-hybridized carbons (Fsp3) is 0.222. The highest BCUT2D eigenvalue weighted by molar-refractivity contribution is 5.90. The highest BCUT2D eigenvalue weighted by atomic mass is 16.5. The normalized spacial score (nSPS) is 14.7. The van der Waals surface area contributed by atoms with Gasteiger partial charge in [-0.2, -0.15) is 0 Å². The van der Waals surface area contributed by atoms with E-state index in [1.165, 1.54) is 6.92 Å². The van der Waals surface area contributed by atoms with Gasteiger partial charge in [0, 0.05) is 5.92 Å². The molecule has 3 aromatic carbocycles. The third-order valence-electron chi connectivity index (χ3n) is 6.05. The molecule has 0 bridgehead atoms. The summed E-state index contributed by atoms with van der Waals surface area (Å²) in [5.41, 5.74) is 4.74. The molecule has 8 heteroatoms. The first kappa shape index (κ1) is 24.0. The first-order valence-corrected chi connectivity index (χ1v) is 11.2. The van der Waals surface area contributed by atoms with Gasteiger partial charge in [0.1, 0.15) is 12.6 Å². The monoisotopic (exact) mass is 474 g/mol. The van der Waals surface area contributed by atoms with Crippen LogP contribution in [-0.4, -0.2) is 46.9 Å². The number of carbonyl (C=O) groups excluding carboxylic acids is 2. The zero-order valence-electron chi connectivity index (χ0n) is 19.0. The van der Waals surface area contributed by atoms with Crippen LogP contribution < -0.4 is 10.6 Å². The number of fused-ring (bicyclic) bond motifs is 3. The minimum absolute atomic E-state index is 0.0639. The van der Waals surface area contributed by atoms with E-state index in [-0.39, 0.29) is 12.5 Å². The first-order chi connectivity index (χ1) is 16.9. The van der Waals surface area contributed by atoms with Gasteiger partial charge in [0.15, 0.2) is 6.04 Å². The van der Waals surface area contributed by atoms with E-state index >= 15 is 0 Å². The van der Waals surface area contributed by atoms with Crippen molar-refractivity contribution in [2.45, 2.75) is 31.0 Å². The molecule has 1 aliphatic carbocycles. The average molecular weight is 475 g/mol. The van der Waals surface area contributed by atoms with Gasteiger partial charge in [-0.1, -0.05) is 78.9 Å². The Labute approximate surface area is 202 Å². The molecule has 0 heterocycles. The Hall–Kier alpha value is -4.17. The number of alkyl carbamates (subject to hydrolysis) is 1. The van der Waals surface area contributed by atoms with Gasteiger partial charge in [0.05, 0.1) is 6.10 Å². The number of carbonyl (C=O) groups is 3. The van der Waals surface area contributed by atoms with Crippen molar-refractivity contribution >= 4 is 18.0 Å². The molecule has 0 aliphatic heterocycles. The van der Waals surface area contributed by atoms with Gasteiger partial charge in [-0.25, -0.2) is 9.59 Å². The molecule has 0 saturated heterocycles. The number of carboxylic acids is 1. The van der Waals surface area contributed by atoms with Crippen LogP contribution >= 0.6 is 0 Å². The van der Waals surface area contributed by atoms with Gasteiger partial charge in [-0.05, 0) is 34.7 Å². The maximum atomic E-state index is 12.9. The van der Waals surface area contributed by atoms with E-state index in [4.69, 9.17) is 4.74 Å². The van der Waals surface area contributed by atoms with Crippen LogP contribution in [0.3, 0.4) is 0 Å². The number of aliphatic carboxylic acids is 1. The number of ether oxygens (including phenoxy) is 1. The molecule has 2 amide bonds. The third kappa shape index (κ3) is 5.17. The van der Waals surface area contributed by atoms with Crippen LogP contribution in [0.1, 0.15) is 35.6 Å². The molecule has 3 atom stereocenters. The van der Waals surface area contributed by atoms with Crippen LogP contribution in [0.15, 0.2) is 78.9 Å². The van der Waals surface area contributed by atoms with Crippen LogP contribution in [-0.2, 0) is 14.3 Å². The van der Waals surface area contributed by atoms with Crippen LogP contribution in [0.2, 0.25) is 0 Å². The van der Waals surface area contributed by atoms with E-state index in [1.54, 1.807) is 30.3 Å². The van der Waals surface area contributed by atoms with Crippen molar-refractivity contribution in [3.8, 4) is 11.1 Å². The van der Waals surface area contributed by atoms with Crippen LogP contribution in [0.25, 0.3) is 11.1 Å². The summed E-state index contributed by atoms with van der Waals surface area (Å²) in [6, 6.07) is 21.5. The Morgan fingerprint density at radius 2 is 1.40 bits per heavy atom. The average Bonchev–Trinajstić information content (AvgIpc) is 3.18. The molecule has 1 aliphatic rings. The second kappa shape index (κ2) is 10.4. The zero-order chi connectivity index (χ0) is 24.9. The zero-order valence-corrected chi connectivity index (χ0v) is 19.0. The van der Waals surface area contributed by atoms with E-state index in [0.29, 0.717) is 5.56 Å². The van der Waals surface area contributed by atoms with E-state index in [1.807, 2.05) is 48.5 Å². The summed E-state index contributed by atoms with van der Waals surface area (Å²) in [7, 11) is 0. The number of aliphatic hydroxyl groups is 1. The second-order valence-electron chi connectivity index (χ2n) is 8.38. The molecule has 0 spiro atoms. The molecule has 180 valence electrons. The third-order valence-corrected chi connectivity index (χ3v) is 6.05. The number of aliphatic hydroxyl groups excluding tert-OH is 1. The summed E-state index contributed by atoms with van der Waals surface area (Å²) in [5.74, 6) is -2.32. The highest BCUT2D eigenvalue weighted by Crippen LogP contribution is 2.44. The van der Waals surface area contributed by atoms with Gasteiger partial charge in [-0.3, -0.25) is 4.79 Å². The van der Waals surface area contributed by atoms with Crippen molar-refractivity contribution < 1.29 is 29.3 Å². The number of nitrogens with one attached hydrogen (secondary N) is 2. The lowest BCUT2D eigenvalue weighted by Gasteiger charge is -2.23. The summed E-state index contributed by atoms with van der Waals surface area (Å²) in [5, 5.41) is 23.9. The summed E-state index contributed by atoms with van der Waals surface area (Å²) in [6.45, 7) is 1.32. The van der Waals surface area contributed by atoms with E-state index in [2.05, 4.69) is 10.6 Å². The van der Waals surface area contributed by atoms with Crippen molar-refractivity contribution in [1.82, 2.24) is 10.6 Å². The summed E-state index contributed by atoms with van der Waals surface area (Å²) in [4.78, 5) is 37.1. The fourth-order valence-corrected chi connectivity index (χ4v) is 4.33. The van der Waals surface area contributed by atoms with Crippen LogP contribution in [0, 0.1) is 0 Å². The molecular weight excluding hydrogens is 448 g/mol. The van der Waals surface area contributed by atoms with Gasteiger partial charge in [0.25, 0.3) is 0 Å². The molecule has 0 saturated carbocycles. The summed E-state index contributed by atoms with van der Waals surface area (Å²) in [6.07, 6.45) is -2.15. The Kier molecular flexibility index (Phi) is 7.12. The molecule has 0 aromatic heterocycles. The smallest absolute Gasteiger partial charge is 0.408 e. The van der Waals surface area contributed by atoms with Gasteiger partial charge in [0.2, 0.25) is 5.91 Å². The maximum Gasteiger partial charge on any atom is 0.408 e.